The highest BCUT2D eigenvalue weighted by molar-refractivity contribution is 5.83. The molecule has 0 aliphatic heterocycles. The normalized spacial score (nSPS) is 14.0. The molecule has 1 heterocycles. The van der Waals surface area contributed by atoms with Gasteiger partial charge in [-0.3, -0.25) is 0 Å². The van der Waals surface area contributed by atoms with Crippen molar-refractivity contribution in [3.63, 3.8) is 0 Å². The SMILES string of the molecule is CC1(C)CC(C)(C)c2cc(-c3nc(-c4cc(-c5ccccc5)cc(-c5ccccc5)c4)nc(-c4cc(-c5ccccc5)cc(-c5ccccc5)c4)n3)ccc21. The predicted molar refractivity (Wildman–Crippen MR) is 229 cm³/mol. The largest absolute Gasteiger partial charge is 0.208 e. The van der Waals surface area contributed by atoms with Crippen molar-refractivity contribution in [1.29, 1.82) is 0 Å². The predicted octanol–water partition coefficient (Wildman–Crippen LogP) is 13.5. The first-order valence-corrected chi connectivity index (χ1v) is 19.1. The zero-order valence-corrected chi connectivity index (χ0v) is 31.8. The van der Waals surface area contributed by atoms with Gasteiger partial charge in [-0.1, -0.05) is 161 Å². The van der Waals surface area contributed by atoms with Crippen LogP contribution in [0.1, 0.15) is 45.2 Å². The number of benzene rings is 7. The van der Waals surface area contributed by atoms with E-state index in [-0.39, 0.29) is 10.8 Å². The van der Waals surface area contributed by atoms with E-state index in [0.29, 0.717) is 17.5 Å². The molecule has 0 fully saturated rings. The van der Waals surface area contributed by atoms with Crippen LogP contribution in [0, 0.1) is 0 Å². The fourth-order valence-electron chi connectivity index (χ4n) is 8.59. The molecule has 266 valence electrons. The number of hydrogen-bond acceptors (Lipinski definition) is 3. The van der Waals surface area contributed by atoms with E-state index in [9.17, 15) is 0 Å². The maximum absolute atomic E-state index is 5.34. The molecule has 0 unspecified atom stereocenters. The van der Waals surface area contributed by atoms with Gasteiger partial charge in [0.1, 0.15) is 0 Å². The molecule has 3 heteroatoms. The van der Waals surface area contributed by atoms with Gasteiger partial charge < -0.3 is 0 Å². The summed E-state index contributed by atoms with van der Waals surface area (Å²) in [6.07, 6.45) is 1.09. The first kappa shape index (κ1) is 34.3. The van der Waals surface area contributed by atoms with Gasteiger partial charge in [0.05, 0.1) is 0 Å². The van der Waals surface area contributed by atoms with Gasteiger partial charge in [-0.05, 0) is 115 Å². The number of aromatic nitrogens is 3. The number of nitrogens with zero attached hydrogens (tertiary/aromatic N) is 3. The molecule has 0 amide bonds. The Morgan fingerprint density at radius 2 is 0.600 bits per heavy atom. The minimum atomic E-state index is 0.0384. The maximum atomic E-state index is 5.34. The van der Waals surface area contributed by atoms with Crippen LogP contribution in [0.15, 0.2) is 176 Å². The summed E-state index contributed by atoms with van der Waals surface area (Å²) in [5.41, 5.74) is 14.8. The average molecular weight is 710 g/mol. The molecule has 0 saturated heterocycles. The van der Waals surface area contributed by atoms with Crippen molar-refractivity contribution in [2.24, 2.45) is 0 Å². The van der Waals surface area contributed by atoms with Gasteiger partial charge >= 0.3 is 0 Å². The summed E-state index contributed by atoms with van der Waals surface area (Å²) in [5.74, 6) is 1.95. The monoisotopic (exact) mass is 709 g/mol. The van der Waals surface area contributed by atoms with Crippen molar-refractivity contribution in [3.8, 4) is 78.7 Å². The maximum Gasteiger partial charge on any atom is 0.164 e. The van der Waals surface area contributed by atoms with Gasteiger partial charge in [0.2, 0.25) is 0 Å². The molecule has 0 N–H and O–H groups in total. The molecule has 9 rings (SSSR count). The molecule has 3 nitrogen and oxygen atoms in total. The van der Waals surface area contributed by atoms with Crippen molar-refractivity contribution in [1.82, 2.24) is 15.0 Å². The van der Waals surface area contributed by atoms with Crippen molar-refractivity contribution in [2.75, 3.05) is 0 Å². The molecule has 1 aliphatic carbocycles. The Kier molecular flexibility index (Phi) is 8.58. The molecule has 8 aromatic rings. The summed E-state index contributed by atoms with van der Waals surface area (Å²) in [4.78, 5) is 16.0. The first-order chi connectivity index (χ1) is 26.7. The summed E-state index contributed by atoms with van der Waals surface area (Å²) in [6, 6.07) is 62.4. The molecule has 0 bridgehead atoms. The molecule has 1 aromatic heterocycles. The fourth-order valence-corrected chi connectivity index (χ4v) is 8.59. The third-order valence-electron chi connectivity index (χ3n) is 11.1. The van der Waals surface area contributed by atoms with E-state index >= 15 is 0 Å². The highest BCUT2D eigenvalue weighted by Crippen LogP contribution is 2.50. The third-order valence-corrected chi connectivity index (χ3v) is 11.1. The summed E-state index contributed by atoms with van der Waals surface area (Å²) in [7, 11) is 0. The van der Waals surface area contributed by atoms with E-state index < -0.39 is 0 Å². The molecular weight excluding hydrogens is 667 g/mol. The van der Waals surface area contributed by atoms with Gasteiger partial charge in [-0.2, -0.15) is 0 Å². The third kappa shape index (κ3) is 6.79. The van der Waals surface area contributed by atoms with Crippen molar-refractivity contribution in [3.05, 3.63) is 187 Å². The highest BCUT2D eigenvalue weighted by atomic mass is 15.0. The van der Waals surface area contributed by atoms with Gasteiger partial charge in [0.15, 0.2) is 17.5 Å². The number of hydrogen-bond donors (Lipinski definition) is 0. The van der Waals surface area contributed by atoms with Crippen LogP contribution in [0.5, 0.6) is 0 Å². The Labute approximate surface area is 324 Å². The lowest BCUT2D eigenvalue weighted by Gasteiger charge is -2.22. The smallest absolute Gasteiger partial charge is 0.164 e. The Hall–Kier alpha value is -6.45. The second-order valence-corrected chi connectivity index (χ2v) is 16.1. The van der Waals surface area contributed by atoms with Crippen molar-refractivity contribution >= 4 is 0 Å². The Bertz CT molecular complexity index is 2390. The number of fused-ring (bicyclic) bond motifs is 1. The lowest BCUT2D eigenvalue weighted by atomic mass is 9.82. The zero-order chi connectivity index (χ0) is 37.6. The molecule has 55 heavy (non-hydrogen) atoms. The topological polar surface area (TPSA) is 38.7 Å². The summed E-state index contributed by atoms with van der Waals surface area (Å²) in [5, 5.41) is 0. The van der Waals surface area contributed by atoms with Crippen LogP contribution in [-0.2, 0) is 10.8 Å². The Balaban J connectivity index is 1.29. The van der Waals surface area contributed by atoms with E-state index in [2.05, 4.69) is 204 Å². The molecule has 1 aliphatic rings. The fraction of sp³-hybridized carbons (Fsp3) is 0.135. The first-order valence-electron chi connectivity index (χ1n) is 19.1. The van der Waals surface area contributed by atoms with Crippen molar-refractivity contribution < 1.29 is 0 Å². The summed E-state index contributed by atoms with van der Waals surface area (Å²) in [6.45, 7) is 9.42. The lowest BCUT2D eigenvalue weighted by Crippen LogP contribution is -2.17. The van der Waals surface area contributed by atoms with Gasteiger partial charge in [0, 0.05) is 16.7 Å². The molecule has 0 saturated carbocycles. The van der Waals surface area contributed by atoms with Crippen LogP contribution in [-0.4, -0.2) is 15.0 Å². The van der Waals surface area contributed by atoms with Gasteiger partial charge in [-0.25, -0.2) is 15.0 Å². The minimum Gasteiger partial charge on any atom is -0.208 e. The number of rotatable bonds is 7. The molecular formula is C52H43N3. The van der Waals surface area contributed by atoms with Crippen LogP contribution in [0.25, 0.3) is 78.7 Å². The Morgan fingerprint density at radius 3 is 0.964 bits per heavy atom. The average Bonchev–Trinajstić information content (AvgIpc) is 3.43. The van der Waals surface area contributed by atoms with Crippen LogP contribution in [0.2, 0.25) is 0 Å². The standard InChI is InChI=1S/C52H43N3/c1-51(2)34-52(3,4)47-33-39(25-26-46(47)51)48-53-49(44-29-40(35-17-9-5-10-18-35)27-41(30-44)36-19-11-6-12-20-36)55-50(54-48)45-31-42(37-21-13-7-14-22-37)28-43(32-45)38-23-15-8-16-24-38/h5-33H,34H2,1-4H3. The second kappa shape index (κ2) is 13.8. The van der Waals surface area contributed by atoms with E-state index in [1.165, 1.54) is 11.1 Å². The summed E-state index contributed by atoms with van der Waals surface area (Å²) >= 11 is 0. The van der Waals surface area contributed by atoms with Crippen molar-refractivity contribution in [2.45, 2.75) is 44.9 Å². The van der Waals surface area contributed by atoms with Gasteiger partial charge in [0.25, 0.3) is 0 Å². The molecule has 0 atom stereocenters. The highest BCUT2D eigenvalue weighted by Gasteiger charge is 2.41. The minimum absolute atomic E-state index is 0.0384. The van der Waals surface area contributed by atoms with Crippen LogP contribution in [0.3, 0.4) is 0 Å². The van der Waals surface area contributed by atoms with E-state index in [0.717, 1.165) is 67.6 Å². The van der Waals surface area contributed by atoms with Gasteiger partial charge in [-0.15, -0.1) is 0 Å². The second-order valence-electron chi connectivity index (χ2n) is 16.1. The molecule has 0 spiro atoms. The van der Waals surface area contributed by atoms with E-state index in [1.54, 1.807) is 0 Å². The Morgan fingerprint density at radius 1 is 0.291 bits per heavy atom. The zero-order valence-electron chi connectivity index (χ0n) is 31.8. The van der Waals surface area contributed by atoms with Crippen LogP contribution in [0.4, 0.5) is 0 Å². The van der Waals surface area contributed by atoms with Crippen LogP contribution < -0.4 is 0 Å². The van der Waals surface area contributed by atoms with E-state index in [1.807, 2.05) is 0 Å². The van der Waals surface area contributed by atoms with E-state index in [4.69, 9.17) is 15.0 Å². The van der Waals surface area contributed by atoms with Crippen LogP contribution >= 0.6 is 0 Å². The molecule has 7 aromatic carbocycles. The molecule has 0 radical (unpaired) electrons. The quantitative estimate of drug-likeness (QED) is 0.165. The lowest BCUT2D eigenvalue weighted by molar-refractivity contribution is 0.403. The summed E-state index contributed by atoms with van der Waals surface area (Å²) < 4.78 is 0.